The maximum atomic E-state index is 13.3. The molecule has 0 radical (unpaired) electrons. The highest BCUT2D eigenvalue weighted by atomic mass is 19.4. The fourth-order valence-electron chi connectivity index (χ4n) is 7.75. The van der Waals surface area contributed by atoms with Gasteiger partial charge in [-0.2, -0.15) is 13.2 Å². The van der Waals surface area contributed by atoms with Crippen molar-refractivity contribution in [3.63, 3.8) is 0 Å². The van der Waals surface area contributed by atoms with E-state index in [1.165, 1.54) is 0 Å². The Labute approximate surface area is 254 Å². The van der Waals surface area contributed by atoms with Crippen LogP contribution >= 0.6 is 0 Å². The first kappa shape index (κ1) is 32.1. The third-order valence-electron chi connectivity index (χ3n) is 9.90. The van der Waals surface area contributed by atoms with Crippen molar-refractivity contribution in [2.24, 2.45) is 11.8 Å². The average Bonchev–Trinajstić information content (AvgIpc) is 3.33. The van der Waals surface area contributed by atoms with Crippen LogP contribution in [0.5, 0.6) is 0 Å². The molecule has 7 nitrogen and oxygen atoms in total. The van der Waals surface area contributed by atoms with E-state index in [4.69, 9.17) is 9.47 Å². The van der Waals surface area contributed by atoms with Gasteiger partial charge in [0.25, 0.3) is 0 Å². The number of ether oxygens (including phenoxy) is 2. The maximum absolute atomic E-state index is 13.3. The van der Waals surface area contributed by atoms with E-state index in [0.29, 0.717) is 38.6 Å². The van der Waals surface area contributed by atoms with E-state index in [1.54, 1.807) is 12.1 Å². The quantitative estimate of drug-likeness (QED) is 0.355. The number of rotatable bonds is 6. The molecule has 240 valence electrons. The molecule has 1 aromatic carbocycles. The lowest BCUT2D eigenvalue weighted by Crippen LogP contribution is -2.63. The number of hydrogen-bond acceptors (Lipinski definition) is 5. The number of nitrogens with zero attached hydrogens (tertiary/aromatic N) is 3. The molecule has 3 aliphatic heterocycles. The van der Waals surface area contributed by atoms with Crippen LogP contribution in [0, 0.1) is 11.8 Å². The molecule has 5 rings (SSSR count). The molecule has 0 bridgehead atoms. The summed E-state index contributed by atoms with van der Waals surface area (Å²) in [6.45, 7) is 12.2. The van der Waals surface area contributed by atoms with Crippen LogP contribution in [0.1, 0.15) is 97.1 Å². The highest BCUT2D eigenvalue weighted by Crippen LogP contribution is 2.51. The molecule has 3 heterocycles. The minimum Gasteiger partial charge on any atom is -0.444 e. The molecule has 5 atom stereocenters. The Hall–Kier alpha value is -2.33. The largest absolute Gasteiger partial charge is 0.444 e. The van der Waals surface area contributed by atoms with Crippen LogP contribution in [0.25, 0.3) is 0 Å². The van der Waals surface area contributed by atoms with Crippen molar-refractivity contribution >= 4 is 12.0 Å². The molecular weight excluding hydrogens is 559 g/mol. The van der Waals surface area contributed by atoms with E-state index in [-0.39, 0.29) is 36.0 Å². The number of halogens is 3. The highest BCUT2D eigenvalue weighted by molar-refractivity contribution is 5.78. The number of likely N-dealkylation sites (tertiary alicyclic amines) is 1. The summed E-state index contributed by atoms with van der Waals surface area (Å²) in [4.78, 5) is 32.7. The zero-order chi connectivity index (χ0) is 31.2. The van der Waals surface area contributed by atoms with Crippen molar-refractivity contribution in [1.29, 1.82) is 0 Å². The standard InChI is InChI=1S/C33H48F3N3O4/c1-22(2)28-21-42-32-16-15-26(18-25(32)13-14-29(40)39(28)32)37(19-23-9-11-24(12-10-23)33(34,35)36)20-27-8-6-7-17-38(27)30(41)43-31(3,4)5/h9-12,22,25-28H,6-8,13-21H2,1-5H3/t25-,26+,27+,28-,32-/m1/s1. The second-order valence-electron chi connectivity index (χ2n) is 14.3. The third kappa shape index (κ3) is 6.85. The minimum absolute atomic E-state index is 0.0496. The number of hydrogen-bond donors (Lipinski definition) is 0. The maximum Gasteiger partial charge on any atom is 0.416 e. The average molecular weight is 608 g/mol. The molecule has 4 aliphatic rings. The number of carbonyl (C=O) groups is 2. The third-order valence-corrected chi connectivity index (χ3v) is 9.90. The number of piperidine rings is 2. The van der Waals surface area contributed by atoms with Gasteiger partial charge in [0.1, 0.15) is 11.3 Å². The van der Waals surface area contributed by atoms with Crippen LogP contribution in [0.3, 0.4) is 0 Å². The number of alkyl halides is 3. The second kappa shape index (κ2) is 12.2. The van der Waals surface area contributed by atoms with Gasteiger partial charge < -0.3 is 19.3 Å². The number of carbonyl (C=O) groups excluding carboxylic acids is 2. The van der Waals surface area contributed by atoms with Gasteiger partial charge in [-0.05, 0) is 89.3 Å². The van der Waals surface area contributed by atoms with E-state index in [2.05, 4.69) is 23.6 Å². The van der Waals surface area contributed by atoms with Crippen molar-refractivity contribution in [2.75, 3.05) is 19.7 Å². The molecule has 0 N–H and O–H groups in total. The molecule has 10 heteroatoms. The Balaban J connectivity index is 1.39. The molecule has 2 amide bonds. The Kier molecular flexibility index (Phi) is 9.12. The molecular formula is C33H48F3N3O4. The summed E-state index contributed by atoms with van der Waals surface area (Å²) in [7, 11) is 0. The van der Waals surface area contributed by atoms with Crippen molar-refractivity contribution in [1.82, 2.24) is 14.7 Å². The van der Waals surface area contributed by atoms with E-state index in [0.717, 1.165) is 62.6 Å². The smallest absolute Gasteiger partial charge is 0.416 e. The van der Waals surface area contributed by atoms with Crippen molar-refractivity contribution < 1.29 is 32.2 Å². The van der Waals surface area contributed by atoms with Gasteiger partial charge in [0, 0.05) is 44.1 Å². The lowest BCUT2D eigenvalue weighted by atomic mass is 9.72. The summed E-state index contributed by atoms with van der Waals surface area (Å²) < 4.78 is 52.2. The van der Waals surface area contributed by atoms with E-state index in [9.17, 15) is 22.8 Å². The predicted molar refractivity (Wildman–Crippen MR) is 157 cm³/mol. The molecule has 4 fully saturated rings. The summed E-state index contributed by atoms with van der Waals surface area (Å²) in [5.41, 5.74) is -1.01. The predicted octanol–water partition coefficient (Wildman–Crippen LogP) is 6.84. The topological polar surface area (TPSA) is 62.3 Å². The summed E-state index contributed by atoms with van der Waals surface area (Å²) in [5.74, 6) is 0.681. The van der Waals surface area contributed by atoms with Gasteiger partial charge in [0.2, 0.25) is 5.91 Å². The van der Waals surface area contributed by atoms with E-state index < -0.39 is 23.1 Å². The fourth-order valence-corrected chi connectivity index (χ4v) is 7.75. The van der Waals surface area contributed by atoms with E-state index >= 15 is 0 Å². The first-order valence-electron chi connectivity index (χ1n) is 16.0. The van der Waals surface area contributed by atoms with Crippen LogP contribution in [-0.2, 0) is 27.0 Å². The van der Waals surface area contributed by atoms with Crippen LogP contribution in [0.2, 0.25) is 0 Å². The second-order valence-corrected chi connectivity index (χ2v) is 14.3. The number of benzene rings is 1. The zero-order valence-corrected chi connectivity index (χ0v) is 26.3. The van der Waals surface area contributed by atoms with Gasteiger partial charge in [-0.25, -0.2) is 4.79 Å². The monoisotopic (exact) mass is 607 g/mol. The van der Waals surface area contributed by atoms with Gasteiger partial charge in [-0.3, -0.25) is 9.69 Å². The molecule has 0 unspecified atom stereocenters. The summed E-state index contributed by atoms with van der Waals surface area (Å²) in [6.07, 6.45) is 1.76. The van der Waals surface area contributed by atoms with Crippen LogP contribution in [-0.4, -0.2) is 75.8 Å². The Morgan fingerprint density at radius 3 is 2.49 bits per heavy atom. The molecule has 1 saturated carbocycles. The fraction of sp³-hybridized carbons (Fsp3) is 0.758. The van der Waals surface area contributed by atoms with Crippen molar-refractivity contribution in [3.8, 4) is 0 Å². The van der Waals surface area contributed by atoms with Crippen LogP contribution < -0.4 is 0 Å². The van der Waals surface area contributed by atoms with Gasteiger partial charge >= 0.3 is 12.3 Å². The van der Waals surface area contributed by atoms with Crippen molar-refractivity contribution in [2.45, 2.75) is 128 Å². The van der Waals surface area contributed by atoms with Gasteiger partial charge in [-0.1, -0.05) is 26.0 Å². The van der Waals surface area contributed by atoms with E-state index in [1.807, 2.05) is 25.7 Å². The molecule has 1 aromatic rings. The molecule has 1 spiro atoms. The lowest BCUT2D eigenvalue weighted by Gasteiger charge is -2.54. The Morgan fingerprint density at radius 1 is 1.12 bits per heavy atom. The summed E-state index contributed by atoms with van der Waals surface area (Å²) in [6, 6.07) is 5.63. The highest BCUT2D eigenvalue weighted by Gasteiger charge is 2.59. The lowest BCUT2D eigenvalue weighted by molar-refractivity contribution is -0.192. The molecule has 1 aliphatic carbocycles. The molecule has 3 saturated heterocycles. The summed E-state index contributed by atoms with van der Waals surface area (Å²) in [5, 5.41) is 0. The Bertz CT molecular complexity index is 1150. The van der Waals surface area contributed by atoms with Gasteiger partial charge in [0.15, 0.2) is 0 Å². The first-order valence-corrected chi connectivity index (χ1v) is 16.0. The van der Waals surface area contributed by atoms with Crippen LogP contribution in [0.4, 0.5) is 18.0 Å². The first-order chi connectivity index (χ1) is 20.2. The Morgan fingerprint density at radius 2 is 1.84 bits per heavy atom. The van der Waals surface area contributed by atoms with Gasteiger partial charge in [0.05, 0.1) is 18.2 Å². The number of amides is 2. The van der Waals surface area contributed by atoms with Gasteiger partial charge in [-0.15, -0.1) is 0 Å². The normalized spacial score (nSPS) is 30.0. The molecule has 0 aromatic heterocycles. The SMILES string of the molecule is CC(C)[C@H]1CO[C@]23CC[C@H](N(Cc4ccc(C(F)(F)F)cc4)C[C@@H]4CCCCN4C(=O)OC(C)(C)C)C[C@H]2CCC(=O)N13. The molecule has 43 heavy (non-hydrogen) atoms. The summed E-state index contributed by atoms with van der Waals surface area (Å²) >= 11 is 0. The van der Waals surface area contributed by atoms with Crippen LogP contribution in [0.15, 0.2) is 24.3 Å². The van der Waals surface area contributed by atoms with Crippen molar-refractivity contribution in [3.05, 3.63) is 35.4 Å². The zero-order valence-electron chi connectivity index (χ0n) is 26.3. The minimum atomic E-state index is -4.38.